The fourth-order valence-corrected chi connectivity index (χ4v) is 5.88. The maximum Gasteiger partial charge on any atom is 0.329 e. The van der Waals surface area contributed by atoms with Crippen LogP contribution in [0.15, 0.2) is 66.9 Å². The standard InChI is InChI=1S/C32H31ClFN5O4/c1-37-30(39-13-12-29(40)36-32(39)41)15-35-31(37)21-6-7-22-16-38(17-23(22)14-21)28(19-42-2)20-8-10-24(11-9-20)43-18-25-26(33)4-3-5-27(25)34/h3-11,14-15,28H,12-13,16-19H2,1-2H3,(H,36,40,41)/t28-/m0/s1. The molecule has 4 aromatic rings. The van der Waals surface area contributed by atoms with E-state index in [0.717, 1.165) is 30.0 Å². The third-order valence-electron chi connectivity index (χ3n) is 7.98. The number of hydrogen-bond donors (Lipinski definition) is 1. The molecule has 11 heteroatoms. The lowest BCUT2D eigenvalue weighted by Crippen LogP contribution is -2.50. The highest BCUT2D eigenvalue weighted by Crippen LogP contribution is 2.35. The number of carbonyl (C=O) groups excluding carboxylic acids is 2. The van der Waals surface area contributed by atoms with E-state index < -0.39 is 11.8 Å². The molecule has 3 aromatic carbocycles. The highest BCUT2D eigenvalue weighted by molar-refractivity contribution is 6.31. The number of ether oxygens (including phenoxy) is 2. The summed E-state index contributed by atoms with van der Waals surface area (Å²) in [6.45, 7) is 2.36. The highest BCUT2D eigenvalue weighted by atomic mass is 35.5. The largest absolute Gasteiger partial charge is 0.489 e. The molecule has 1 atom stereocenters. The molecule has 0 aliphatic carbocycles. The molecule has 1 aromatic heterocycles. The molecule has 43 heavy (non-hydrogen) atoms. The number of anilines is 1. The lowest BCUT2D eigenvalue weighted by Gasteiger charge is -2.27. The molecule has 222 valence electrons. The Morgan fingerprint density at radius 2 is 1.86 bits per heavy atom. The van der Waals surface area contributed by atoms with Crippen molar-refractivity contribution < 1.29 is 23.5 Å². The number of methoxy groups -OCH3 is 1. The van der Waals surface area contributed by atoms with E-state index in [-0.39, 0.29) is 25.0 Å². The number of benzene rings is 3. The number of imidazole rings is 1. The summed E-state index contributed by atoms with van der Waals surface area (Å²) in [5, 5.41) is 2.70. The van der Waals surface area contributed by atoms with Crippen molar-refractivity contribution in [2.75, 3.05) is 25.2 Å². The predicted molar refractivity (Wildman–Crippen MR) is 160 cm³/mol. The fraction of sp³-hybridized carbons (Fsp3) is 0.281. The summed E-state index contributed by atoms with van der Waals surface area (Å²) in [7, 11) is 3.56. The Labute approximate surface area is 253 Å². The van der Waals surface area contributed by atoms with Crippen molar-refractivity contribution in [3.63, 3.8) is 0 Å². The molecule has 1 N–H and O–H groups in total. The quantitative estimate of drug-likeness (QED) is 0.268. The average molecular weight is 604 g/mol. The van der Waals surface area contributed by atoms with Crippen LogP contribution in [0.25, 0.3) is 11.4 Å². The molecule has 1 fully saturated rings. The van der Waals surface area contributed by atoms with Gasteiger partial charge in [0.1, 0.15) is 29.8 Å². The van der Waals surface area contributed by atoms with Crippen LogP contribution in [0.1, 0.15) is 34.7 Å². The molecule has 0 unspecified atom stereocenters. The minimum atomic E-state index is -0.436. The first kappa shape index (κ1) is 28.9. The molecular formula is C32H31ClFN5O4. The zero-order valence-electron chi connectivity index (χ0n) is 23.8. The van der Waals surface area contributed by atoms with Crippen molar-refractivity contribution in [2.45, 2.75) is 32.2 Å². The number of rotatable bonds is 9. The third-order valence-corrected chi connectivity index (χ3v) is 8.33. The van der Waals surface area contributed by atoms with E-state index >= 15 is 0 Å². The van der Waals surface area contributed by atoms with E-state index in [2.05, 4.69) is 27.3 Å². The zero-order chi connectivity index (χ0) is 30.1. The van der Waals surface area contributed by atoms with Crippen LogP contribution < -0.4 is 15.0 Å². The summed E-state index contributed by atoms with van der Waals surface area (Å²) in [6.07, 6.45) is 1.92. The van der Waals surface area contributed by atoms with Crippen LogP contribution in [-0.4, -0.2) is 46.7 Å². The topological polar surface area (TPSA) is 88.9 Å². The van der Waals surface area contributed by atoms with E-state index in [0.29, 0.717) is 35.3 Å². The second-order valence-electron chi connectivity index (χ2n) is 10.7. The molecule has 0 spiro atoms. The molecule has 0 radical (unpaired) electrons. The molecule has 0 saturated carbocycles. The van der Waals surface area contributed by atoms with Crippen LogP contribution in [0.5, 0.6) is 5.75 Å². The number of hydrogen-bond acceptors (Lipinski definition) is 6. The third kappa shape index (κ3) is 5.86. The lowest BCUT2D eigenvalue weighted by atomic mass is 10.1. The maximum atomic E-state index is 14.1. The monoisotopic (exact) mass is 603 g/mol. The van der Waals surface area contributed by atoms with Crippen LogP contribution in [0.4, 0.5) is 15.0 Å². The van der Waals surface area contributed by atoms with E-state index in [4.69, 9.17) is 21.1 Å². The van der Waals surface area contributed by atoms with Gasteiger partial charge >= 0.3 is 6.03 Å². The summed E-state index contributed by atoms with van der Waals surface area (Å²) in [5.41, 5.74) is 4.79. The average Bonchev–Trinajstić information content (AvgIpc) is 3.59. The Hall–Kier alpha value is -4.25. The van der Waals surface area contributed by atoms with E-state index in [1.807, 2.05) is 41.9 Å². The molecule has 3 amide bonds. The maximum absolute atomic E-state index is 14.1. The Morgan fingerprint density at radius 3 is 2.60 bits per heavy atom. The van der Waals surface area contributed by atoms with Crippen molar-refractivity contribution in [2.24, 2.45) is 7.05 Å². The van der Waals surface area contributed by atoms with Gasteiger partial charge in [-0.2, -0.15) is 0 Å². The summed E-state index contributed by atoms with van der Waals surface area (Å²) >= 11 is 6.13. The first-order chi connectivity index (χ1) is 20.8. The lowest BCUT2D eigenvalue weighted by molar-refractivity contribution is -0.120. The number of halogens is 2. The fourth-order valence-electron chi connectivity index (χ4n) is 5.66. The second kappa shape index (κ2) is 12.2. The number of carbonyl (C=O) groups is 2. The Bertz CT molecular complexity index is 1650. The molecule has 0 bridgehead atoms. The van der Waals surface area contributed by atoms with Crippen LogP contribution >= 0.6 is 11.6 Å². The number of nitrogens with zero attached hydrogens (tertiary/aromatic N) is 4. The van der Waals surface area contributed by atoms with Crippen LogP contribution in [0.3, 0.4) is 0 Å². The Kier molecular flexibility index (Phi) is 8.16. The minimum Gasteiger partial charge on any atom is -0.489 e. The van der Waals surface area contributed by atoms with E-state index in [9.17, 15) is 14.0 Å². The molecule has 1 saturated heterocycles. The number of nitrogens with one attached hydrogen (secondary N) is 1. The number of urea groups is 1. The van der Waals surface area contributed by atoms with Gasteiger partial charge in [0.05, 0.1) is 23.9 Å². The number of imide groups is 1. The predicted octanol–water partition coefficient (Wildman–Crippen LogP) is 5.61. The molecule has 6 rings (SSSR count). The smallest absolute Gasteiger partial charge is 0.329 e. The van der Waals surface area contributed by atoms with E-state index in [1.165, 1.54) is 22.1 Å². The summed E-state index contributed by atoms with van der Waals surface area (Å²) in [6, 6.07) is 18.3. The van der Waals surface area contributed by atoms with Crippen LogP contribution in [-0.2, 0) is 36.3 Å². The number of aromatic nitrogens is 2. The molecular weight excluding hydrogens is 573 g/mol. The summed E-state index contributed by atoms with van der Waals surface area (Å²) < 4.78 is 27.4. The van der Waals surface area contributed by atoms with Gasteiger partial charge in [-0.25, -0.2) is 14.2 Å². The van der Waals surface area contributed by atoms with Gasteiger partial charge in [0.2, 0.25) is 5.91 Å². The normalized spacial score (nSPS) is 15.9. The minimum absolute atomic E-state index is 0.0102. The van der Waals surface area contributed by atoms with Crippen molar-refractivity contribution in [3.8, 4) is 17.1 Å². The first-order valence-electron chi connectivity index (χ1n) is 14.0. The molecule has 2 aliphatic rings. The van der Waals surface area contributed by atoms with Gasteiger partial charge in [0.15, 0.2) is 0 Å². The Balaban J connectivity index is 1.16. The molecule has 2 aliphatic heterocycles. The van der Waals surface area contributed by atoms with Gasteiger partial charge < -0.3 is 14.0 Å². The summed E-state index contributed by atoms with van der Waals surface area (Å²) in [5.74, 6) is 1.33. The SMILES string of the molecule is COC[C@@H](c1ccc(OCc2c(F)cccc2Cl)cc1)N1Cc2ccc(-c3ncc(N4CCC(=O)NC4=O)n3C)cc2C1. The zero-order valence-corrected chi connectivity index (χ0v) is 24.6. The van der Waals surface area contributed by atoms with Crippen LogP contribution in [0.2, 0.25) is 5.02 Å². The highest BCUT2D eigenvalue weighted by Gasteiger charge is 2.29. The van der Waals surface area contributed by atoms with Gasteiger partial charge in [-0.3, -0.25) is 19.9 Å². The Morgan fingerprint density at radius 1 is 1.07 bits per heavy atom. The van der Waals surface area contributed by atoms with Crippen molar-refractivity contribution in [3.05, 3.63) is 100.0 Å². The van der Waals surface area contributed by atoms with Crippen molar-refractivity contribution >= 4 is 29.4 Å². The van der Waals surface area contributed by atoms with Crippen molar-refractivity contribution in [1.29, 1.82) is 0 Å². The van der Waals surface area contributed by atoms with Gasteiger partial charge in [-0.15, -0.1) is 0 Å². The molecule has 9 nitrogen and oxygen atoms in total. The first-order valence-corrected chi connectivity index (χ1v) is 14.3. The van der Waals surface area contributed by atoms with E-state index in [1.54, 1.807) is 25.4 Å². The van der Waals surface area contributed by atoms with Gasteiger partial charge in [-0.1, -0.05) is 41.9 Å². The number of amides is 3. The van der Waals surface area contributed by atoms with Crippen LogP contribution in [0, 0.1) is 5.82 Å². The van der Waals surface area contributed by atoms with Gasteiger partial charge in [0.25, 0.3) is 0 Å². The van der Waals surface area contributed by atoms with Gasteiger partial charge in [0, 0.05) is 51.3 Å². The number of fused-ring (bicyclic) bond motifs is 1. The van der Waals surface area contributed by atoms with Gasteiger partial charge in [-0.05, 0) is 47.0 Å². The molecule has 3 heterocycles. The second-order valence-corrected chi connectivity index (χ2v) is 11.1. The van der Waals surface area contributed by atoms with Crippen molar-refractivity contribution in [1.82, 2.24) is 19.8 Å². The summed E-state index contributed by atoms with van der Waals surface area (Å²) in [4.78, 5) is 32.5.